The molecule has 1 aliphatic rings. The molecule has 0 bridgehead atoms. The molecular formula is C10H14N4O2. The van der Waals surface area contributed by atoms with E-state index in [1.54, 1.807) is 11.1 Å². The quantitative estimate of drug-likeness (QED) is 0.722. The van der Waals surface area contributed by atoms with Crippen molar-refractivity contribution in [2.45, 2.75) is 12.8 Å². The Kier molecular flexibility index (Phi) is 2.89. The summed E-state index contributed by atoms with van der Waals surface area (Å²) in [4.78, 5) is 24.7. The largest absolute Gasteiger partial charge is 0.369 e. The summed E-state index contributed by atoms with van der Waals surface area (Å²) >= 11 is 0. The highest BCUT2D eigenvalue weighted by molar-refractivity contribution is 5.94. The maximum Gasteiger partial charge on any atom is 0.257 e. The van der Waals surface area contributed by atoms with E-state index >= 15 is 0 Å². The molecule has 0 aliphatic carbocycles. The van der Waals surface area contributed by atoms with Crippen molar-refractivity contribution in [1.82, 2.24) is 15.1 Å². The Morgan fingerprint density at radius 2 is 2.38 bits per heavy atom. The first-order valence-electron chi connectivity index (χ1n) is 5.26. The van der Waals surface area contributed by atoms with Gasteiger partial charge in [-0.15, -0.1) is 0 Å². The predicted octanol–water partition coefficient (Wildman–Crippen LogP) is -0.253. The molecule has 2 amide bonds. The van der Waals surface area contributed by atoms with Crippen LogP contribution in [0.4, 0.5) is 0 Å². The number of likely N-dealkylation sites (tertiary alicyclic amines) is 1. The van der Waals surface area contributed by atoms with Gasteiger partial charge in [-0.3, -0.25) is 14.7 Å². The first-order valence-corrected chi connectivity index (χ1v) is 5.26. The van der Waals surface area contributed by atoms with Crippen molar-refractivity contribution < 1.29 is 9.59 Å². The number of hydrogen-bond donors (Lipinski definition) is 2. The van der Waals surface area contributed by atoms with Crippen LogP contribution in [0.1, 0.15) is 23.2 Å². The molecule has 1 fully saturated rings. The lowest BCUT2D eigenvalue weighted by Gasteiger charge is -2.30. The molecule has 2 rings (SSSR count). The molecule has 1 saturated heterocycles. The smallest absolute Gasteiger partial charge is 0.257 e. The Bertz CT molecular complexity index is 388. The van der Waals surface area contributed by atoms with Gasteiger partial charge in [0.15, 0.2) is 0 Å². The number of primary amides is 1. The zero-order valence-electron chi connectivity index (χ0n) is 8.85. The number of nitrogens with two attached hydrogens (primary N) is 1. The first kappa shape index (κ1) is 10.7. The Balaban J connectivity index is 2.05. The van der Waals surface area contributed by atoms with E-state index in [1.165, 1.54) is 6.20 Å². The van der Waals surface area contributed by atoms with Gasteiger partial charge in [0.1, 0.15) is 0 Å². The van der Waals surface area contributed by atoms with Crippen molar-refractivity contribution in [3.8, 4) is 0 Å². The summed E-state index contributed by atoms with van der Waals surface area (Å²) in [6.07, 6.45) is 4.62. The highest BCUT2D eigenvalue weighted by atomic mass is 16.2. The van der Waals surface area contributed by atoms with Crippen LogP contribution in [0.5, 0.6) is 0 Å². The van der Waals surface area contributed by atoms with Gasteiger partial charge >= 0.3 is 0 Å². The standard InChI is InChI=1S/C10H14N4O2/c11-9(15)7-2-1-3-14(6-7)10(16)8-4-12-13-5-8/h4-5,7H,1-3,6H2,(H2,11,15)(H,12,13). The summed E-state index contributed by atoms with van der Waals surface area (Å²) in [5, 5.41) is 6.32. The molecule has 1 aliphatic heterocycles. The molecular weight excluding hydrogens is 208 g/mol. The fourth-order valence-corrected chi connectivity index (χ4v) is 1.94. The van der Waals surface area contributed by atoms with Crippen LogP contribution in [0.25, 0.3) is 0 Å². The van der Waals surface area contributed by atoms with Crippen molar-refractivity contribution in [2.24, 2.45) is 11.7 Å². The summed E-state index contributed by atoms with van der Waals surface area (Å²) in [5.74, 6) is -0.644. The number of aromatic nitrogens is 2. The maximum atomic E-state index is 11.9. The maximum absolute atomic E-state index is 11.9. The van der Waals surface area contributed by atoms with E-state index in [0.717, 1.165) is 12.8 Å². The molecule has 16 heavy (non-hydrogen) atoms. The van der Waals surface area contributed by atoms with Gasteiger partial charge in [-0.05, 0) is 12.8 Å². The number of rotatable bonds is 2. The van der Waals surface area contributed by atoms with Crippen LogP contribution in [0.2, 0.25) is 0 Å². The van der Waals surface area contributed by atoms with Gasteiger partial charge in [-0.1, -0.05) is 0 Å². The molecule has 1 unspecified atom stereocenters. The van der Waals surface area contributed by atoms with Crippen LogP contribution >= 0.6 is 0 Å². The predicted molar refractivity (Wildman–Crippen MR) is 56.4 cm³/mol. The summed E-state index contributed by atoms with van der Waals surface area (Å²) in [6, 6.07) is 0. The number of carbonyl (C=O) groups is 2. The summed E-state index contributed by atoms with van der Waals surface area (Å²) in [5.41, 5.74) is 5.77. The van der Waals surface area contributed by atoms with E-state index in [2.05, 4.69) is 10.2 Å². The van der Waals surface area contributed by atoms with Gasteiger partial charge in [0.2, 0.25) is 5.91 Å². The molecule has 3 N–H and O–H groups in total. The van der Waals surface area contributed by atoms with Crippen LogP contribution in [0.15, 0.2) is 12.4 Å². The van der Waals surface area contributed by atoms with Gasteiger partial charge < -0.3 is 10.6 Å². The van der Waals surface area contributed by atoms with E-state index in [-0.39, 0.29) is 17.7 Å². The normalized spacial score (nSPS) is 20.8. The zero-order valence-corrected chi connectivity index (χ0v) is 8.85. The fourth-order valence-electron chi connectivity index (χ4n) is 1.94. The molecule has 0 spiro atoms. The van der Waals surface area contributed by atoms with E-state index in [1.807, 2.05) is 0 Å². The molecule has 0 saturated carbocycles. The summed E-state index contributed by atoms with van der Waals surface area (Å²) < 4.78 is 0. The number of carbonyl (C=O) groups excluding carboxylic acids is 2. The Labute approximate surface area is 92.8 Å². The van der Waals surface area contributed by atoms with Crippen LogP contribution in [-0.4, -0.2) is 40.0 Å². The lowest BCUT2D eigenvalue weighted by Crippen LogP contribution is -2.44. The average Bonchev–Trinajstić information content (AvgIpc) is 2.81. The topological polar surface area (TPSA) is 92.1 Å². The lowest BCUT2D eigenvalue weighted by molar-refractivity contribution is -0.123. The van der Waals surface area contributed by atoms with Gasteiger partial charge in [-0.25, -0.2) is 0 Å². The molecule has 0 aromatic carbocycles. The van der Waals surface area contributed by atoms with E-state index in [0.29, 0.717) is 18.7 Å². The minimum absolute atomic E-state index is 0.0975. The molecule has 6 heteroatoms. The second-order valence-corrected chi connectivity index (χ2v) is 3.98. The van der Waals surface area contributed by atoms with Crippen LogP contribution in [-0.2, 0) is 4.79 Å². The monoisotopic (exact) mass is 222 g/mol. The van der Waals surface area contributed by atoms with E-state index in [4.69, 9.17) is 5.73 Å². The van der Waals surface area contributed by atoms with Crippen LogP contribution in [0, 0.1) is 5.92 Å². The van der Waals surface area contributed by atoms with Gasteiger partial charge in [0.05, 0.1) is 17.7 Å². The van der Waals surface area contributed by atoms with Crippen LogP contribution < -0.4 is 5.73 Å². The van der Waals surface area contributed by atoms with E-state index in [9.17, 15) is 9.59 Å². The minimum Gasteiger partial charge on any atom is -0.369 e. The highest BCUT2D eigenvalue weighted by Gasteiger charge is 2.27. The van der Waals surface area contributed by atoms with Crippen molar-refractivity contribution in [3.05, 3.63) is 18.0 Å². The molecule has 6 nitrogen and oxygen atoms in total. The number of piperidine rings is 1. The summed E-state index contributed by atoms with van der Waals surface area (Å²) in [7, 11) is 0. The second-order valence-electron chi connectivity index (χ2n) is 3.98. The molecule has 86 valence electrons. The molecule has 1 atom stereocenters. The Morgan fingerprint density at radius 3 is 3.00 bits per heavy atom. The van der Waals surface area contributed by atoms with Crippen molar-refractivity contribution >= 4 is 11.8 Å². The number of H-pyrrole nitrogens is 1. The second kappa shape index (κ2) is 4.34. The van der Waals surface area contributed by atoms with Crippen molar-refractivity contribution in [3.63, 3.8) is 0 Å². The number of amides is 2. The molecule has 0 radical (unpaired) electrons. The first-order chi connectivity index (χ1) is 7.68. The number of nitrogens with one attached hydrogen (secondary N) is 1. The Morgan fingerprint density at radius 1 is 1.56 bits per heavy atom. The zero-order chi connectivity index (χ0) is 11.5. The van der Waals surface area contributed by atoms with Crippen molar-refractivity contribution in [1.29, 1.82) is 0 Å². The third-order valence-corrected chi connectivity index (χ3v) is 2.86. The molecule has 2 heterocycles. The summed E-state index contributed by atoms with van der Waals surface area (Å²) in [6.45, 7) is 1.09. The Hall–Kier alpha value is -1.85. The lowest BCUT2D eigenvalue weighted by atomic mass is 9.97. The fraction of sp³-hybridized carbons (Fsp3) is 0.500. The van der Waals surface area contributed by atoms with Gasteiger partial charge in [0.25, 0.3) is 5.91 Å². The van der Waals surface area contributed by atoms with Crippen LogP contribution in [0.3, 0.4) is 0 Å². The third-order valence-electron chi connectivity index (χ3n) is 2.86. The van der Waals surface area contributed by atoms with E-state index < -0.39 is 0 Å². The number of aromatic amines is 1. The SMILES string of the molecule is NC(=O)C1CCCN(C(=O)c2cn[nH]c2)C1. The molecule has 1 aromatic rings. The minimum atomic E-state index is -0.329. The van der Waals surface area contributed by atoms with Gasteiger partial charge in [0, 0.05) is 19.3 Å². The highest BCUT2D eigenvalue weighted by Crippen LogP contribution is 2.17. The van der Waals surface area contributed by atoms with Crippen molar-refractivity contribution in [2.75, 3.05) is 13.1 Å². The van der Waals surface area contributed by atoms with Gasteiger partial charge in [-0.2, -0.15) is 5.10 Å². The third kappa shape index (κ3) is 2.05. The average molecular weight is 222 g/mol. The number of hydrogen-bond acceptors (Lipinski definition) is 3. The number of nitrogens with zero attached hydrogens (tertiary/aromatic N) is 2. The molecule has 1 aromatic heterocycles.